The number of hydrogen-bond acceptors (Lipinski definition) is 4. The van der Waals surface area contributed by atoms with Crippen molar-refractivity contribution in [1.29, 1.82) is 0 Å². The van der Waals surface area contributed by atoms with Crippen molar-refractivity contribution in [2.24, 2.45) is 0 Å². The molecule has 0 saturated heterocycles. The van der Waals surface area contributed by atoms with Crippen LogP contribution in [0.4, 0.5) is 5.69 Å². The largest absolute Gasteiger partial charge is 0.495 e. The van der Waals surface area contributed by atoms with Crippen LogP contribution in [0, 0.1) is 6.92 Å². The molecule has 1 aromatic carbocycles. The van der Waals surface area contributed by atoms with Crippen molar-refractivity contribution in [2.75, 3.05) is 19.5 Å². The molecule has 1 heterocycles. The molecule has 0 unspecified atom stereocenters. The third-order valence-electron chi connectivity index (χ3n) is 2.85. The van der Waals surface area contributed by atoms with Gasteiger partial charge in [0.2, 0.25) is 0 Å². The van der Waals surface area contributed by atoms with Crippen LogP contribution < -0.4 is 14.8 Å². The van der Waals surface area contributed by atoms with Crippen molar-refractivity contribution >= 4 is 17.3 Å². The number of nitrogens with one attached hydrogen (secondary N) is 2. The zero-order chi connectivity index (χ0) is 13.8. The molecule has 2 aromatic rings. The molecule has 0 saturated carbocycles. The van der Waals surface area contributed by atoms with E-state index in [2.05, 4.69) is 15.3 Å². The maximum absolute atomic E-state index is 6.11. The molecular formula is C13H16ClN3O2. The molecule has 102 valence electrons. The van der Waals surface area contributed by atoms with Crippen molar-refractivity contribution in [1.82, 2.24) is 9.97 Å². The monoisotopic (exact) mass is 281 g/mol. The molecule has 2 rings (SSSR count). The second kappa shape index (κ2) is 5.84. The van der Waals surface area contributed by atoms with E-state index >= 15 is 0 Å². The minimum Gasteiger partial charge on any atom is -0.495 e. The lowest BCUT2D eigenvalue weighted by atomic mass is 10.2. The Morgan fingerprint density at radius 2 is 2.00 bits per heavy atom. The summed E-state index contributed by atoms with van der Waals surface area (Å²) in [6, 6.07) is 3.53. The van der Waals surface area contributed by atoms with Gasteiger partial charge in [-0.05, 0) is 13.0 Å². The summed E-state index contributed by atoms with van der Waals surface area (Å²) in [5.41, 5.74) is 2.79. The fourth-order valence-electron chi connectivity index (χ4n) is 1.74. The highest BCUT2D eigenvalue weighted by Crippen LogP contribution is 2.36. The van der Waals surface area contributed by atoms with E-state index in [4.69, 9.17) is 21.1 Å². The highest BCUT2D eigenvalue weighted by molar-refractivity contribution is 6.32. The molecule has 0 spiro atoms. The molecule has 19 heavy (non-hydrogen) atoms. The van der Waals surface area contributed by atoms with E-state index in [1.165, 1.54) is 0 Å². The second-order valence-corrected chi connectivity index (χ2v) is 4.42. The lowest BCUT2D eigenvalue weighted by molar-refractivity contribution is 0.395. The van der Waals surface area contributed by atoms with Gasteiger partial charge in [0.15, 0.2) is 0 Å². The Balaban J connectivity index is 2.20. The molecule has 0 amide bonds. The normalized spacial score (nSPS) is 10.3. The summed E-state index contributed by atoms with van der Waals surface area (Å²) in [5.74, 6) is 1.26. The average molecular weight is 282 g/mol. The van der Waals surface area contributed by atoms with Gasteiger partial charge in [0.25, 0.3) is 0 Å². The number of anilines is 1. The molecule has 5 nitrogen and oxygen atoms in total. The first-order valence-electron chi connectivity index (χ1n) is 5.80. The van der Waals surface area contributed by atoms with Crippen LogP contribution in [0.3, 0.4) is 0 Å². The fraction of sp³-hybridized carbons (Fsp3) is 0.308. The summed E-state index contributed by atoms with van der Waals surface area (Å²) >= 11 is 6.11. The quantitative estimate of drug-likeness (QED) is 0.884. The number of methoxy groups -OCH3 is 2. The third-order valence-corrected chi connectivity index (χ3v) is 3.15. The van der Waals surface area contributed by atoms with Crippen LogP contribution in [0.1, 0.15) is 11.4 Å². The lowest BCUT2D eigenvalue weighted by Crippen LogP contribution is -2.03. The van der Waals surface area contributed by atoms with E-state index in [0.717, 1.165) is 17.1 Å². The molecule has 0 atom stereocenters. The maximum Gasteiger partial charge on any atom is 0.145 e. The summed E-state index contributed by atoms with van der Waals surface area (Å²) in [6.07, 6.45) is 1.67. The zero-order valence-electron chi connectivity index (χ0n) is 11.1. The van der Waals surface area contributed by atoms with Crippen LogP contribution in [0.5, 0.6) is 11.5 Å². The van der Waals surface area contributed by atoms with Crippen LogP contribution >= 0.6 is 11.6 Å². The van der Waals surface area contributed by atoms with Crippen LogP contribution in [0.15, 0.2) is 18.5 Å². The van der Waals surface area contributed by atoms with Gasteiger partial charge < -0.3 is 19.8 Å². The maximum atomic E-state index is 6.11. The summed E-state index contributed by atoms with van der Waals surface area (Å²) in [6.45, 7) is 2.57. The number of aromatic amines is 1. The highest BCUT2D eigenvalue weighted by Gasteiger charge is 2.10. The number of aryl methyl sites for hydroxylation is 1. The number of H-pyrrole nitrogens is 1. The first-order chi connectivity index (χ1) is 9.15. The molecule has 2 N–H and O–H groups in total. The van der Waals surface area contributed by atoms with Crippen molar-refractivity contribution in [3.8, 4) is 11.5 Å². The Hall–Kier alpha value is -1.88. The molecule has 0 fully saturated rings. The molecule has 0 bridgehead atoms. The Labute approximate surface area is 116 Å². The van der Waals surface area contributed by atoms with E-state index in [0.29, 0.717) is 23.1 Å². The van der Waals surface area contributed by atoms with Crippen LogP contribution in [0.25, 0.3) is 0 Å². The van der Waals surface area contributed by atoms with Gasteiger partial charge in [-0.15, -0.1) is 0 Å². The number of ether oxygens (including phenoxy) is 2. The number of rotatable bonds is 5. The van der Waals surface area contributed by atoms with Gasteiger partial charge in [-0.1, -0.05) is 11.6 Å². The van der Waals surface area contributed by atoms with Crippen LogP contribution in [0.2, 0.25) is 5.02 Å². The first-order valence-corrected chi connectivity index (χ1v) is 6.17. The number of aromatic nitrogens is 2. The number of benzene rings is 1. The van der Waals surface area contributed by atoms with Crippen molar-refractivity contribution in [2.45, 2.75) is 13.5 Å². The number of hydrogen-bond donors (Lipinski definition) is 2. The first kappa shape index (κ1) is 13.5. The average Bonchev–Trinajstić information content (AvgIpc) is 2.82. The van der Waals surface area contributed by atoms with Gasteiger partial charge >= 0.3 is 0 Å². The highest BCUT2D eigenvalue weighted by atomic mass is 35.5. The lowest BCUT2D eigenvalue weighted by Gasteiger charge is -2.13. The number of imidazole rings is 1. The summed E-state index contributed by atoms with van der Waals surface area (Å²) < 4.78 is 10.5. The predicted molar refractivity (Wildman–Crippen MR) is 75.2 cm³/mol. The molecule has 0 aliphatic heterocycles. The van der Waals surface area contributed by atoms with Gasteiger partial charge in [0, 0.05) is 11.8 Å². The molecule has 1 aromatic heterocycles. The van der Waals surface area contributed by atoms with Crippen molar-refractivity contribution in [3.05, 3.63) is 34.9 Å². The van der Waals surface area contributed by atoms with E-state index in [-0.39, 0.29) is 0 Å². The van der Waals surface area contributed by atoms with Crippen molar-refractivity contribution < 1.29 is 9.47 Å². The predicted octanol–water partition coefficient (Wildman–Crippen LogP) is 3.00. The van der Waals surface area contributed by atoms with E-state index < -0.39 is 0 Å². The SMILES string of the molecule is COc1cc(OC)c(NCc2nc[nH]c2C)cc1Cl. The summed E-state index contributed by atoms with van der Waals surface area (Å²) in [5, 5.41) is 3.78. The molecule has 0 aliphatic rings. The molecule has 0 radical (unpaired) electrons. The molecule has 0 aliphatic carbocycles. The standard InChI is InChI=1S/C13H16ClN3O2/c1-8-11(17-7-16-8)6-15-10-4-9(14)12(18-2)5-13(10)19-3/h4-5,7,15H,6H2,1-3H3,(H,16,17). The van der Waals surface area contributed by atoms with Gasteiger partial charge in [-0.25, -0.2) is 4.98 Å². The topological polar surface area (TPSA) is 59.2 Å². The molecular weight excluding hydrogens is 266 g/mol. The summed E-state index contributed by atoms with van der Waals surface area (Å²) in [4.78, 5) is 7.26. The van der Waals surface area contributed by atoms with Gasteiger partial charge in [0.1, 0.15) is 11.5 Å². The molecule has 6 heteroatoms. The van der Waals surface area contributed by atoms with Crippen LogP contribution in [-0.2, 0) is 6.54 Å². The van der Waals surface area contributed by atoms with Gasteiger partial charge in [-0.3, -0.25) is 0 Å². The van der Waals surface area contributed by atoms with Crippen molar-refractivity contribution in [3.63, 3.8) is 0 Å². The fourth-order valence-corrected chi connectivity index (χ4v) is 1.98. The minimum absolute atomic E-state index is 0.532. The Morgan fingerprint density at radius 1 is 1.26 bits per heavy atom. The number of halogens is 1. The van der Waals surface area contributed by atoms with Gasteiger partial charge in [-0.2, -0.15) is 0 Å². The Morgan fingerprint density at radius 3 is 2.58 bits per heavy atom. The third kappa shape index (κ3) is 2.93. The van der Waals surface area contributed by atoms with E-state index in [1.807, 2.05) is 6.92 Å². The van der Waals surface area contributed by atoms with E-state index in [9.17, 15) is 0 Å². The Kier molecular flexibility index (Phi) is 4.16. The van der Waals surface area contributed by atoms with Crippen LogP contribution in [-0.4, -0.2) is 24.2 Å². The van der Waals surface area contributed by atoms with E-state index in [1.54, 1.807) is 32.7 Å². The smallest absolute Gasteiger partial charge is 0.145 e. The second-order valence-electron chi connectivity index (χ2n) is 4.01. The Bertz CT molecular complexity index is 569. The zero-order valence-corrected chi connectivity index (χ0v) is 11.8. The minimum atomic E-state index is 0.532. The number of nitrogens with zero attached hydrogens (tertiary/aromatic N) is 1. The van der Waals surface area contributed by atoms with Gasteiger partial charge in [0.05, 0.1) is 43.5 Å². The summed E-state index contributed by atoms with van der Waals surface area (Å²) in [7, 11) is 3.18.